The maximum absolute atomic E-state index is 11.8. The Morgan fingerprint density at radius 3 is 2.34 bits per heavy atom. The molecule has 0 aliphatic carbocycles. The van der Waals surface area contributed by atoms with Gasteiger partial charge < -0.3 is 15.4 Å². The maximum atomic E-state index is 11.8. The average Bonchev–Trinajstić information content (AvgIpc) is 2.57. The number of rotatable bonds is 9. The highest BCUT2D eigenvalue weighted by molar-refractivity contribution is 7.90. The second-order valence-corrected chi connectivity index (χ2v) is 10.0. The van der Waals surface area contributed by atoms with E-state index in [2.05, 4.69) is 20.9 Å². The van der Waals surface area contributed by atoms with Gasteiger partial charge in [-0.15, -0.1) is 0 Å². The van der Waals surface area contributed by atoms with Crippen LogP contribution in [0.4, 0.5) is 10.5 Å². The Balaban J connectivity index is 2.45. The number of ether oxygens (including phenoxy) is 1. The molecule has 1 aromatic rings. The van der Waals surface area contributed by atoms with Gasteiger partial charge in [0.15, 0.2) is 5.96 Å². The fourth-order valence-electron chi connectivity index (χ4n) is 2.36. The van der Waals surface area contributed by atoms with Crippen LogP contribution in [0.1, 0.15) is 39.7 Å². The number of guanidine groups is 1. The smallest absolute Gasteiger partial charge is 0.412 e. The summed E-state index contributed by atoms with van der Waals surface area (Å²) in [5, 5.41) is 9.09. The molecule has 8 nitrogen and oxygen atoms in total. The molecule has 0 spiro atoms. The van der Waals surface area contributed by atoms with Gasteiger partial charge in [0.25, 0.3) is 0 Å². The monoisotopic (exact) mass is 426 g/mol. The zero-order valence-electron chi connectivity index (χ0n) is 18.0. The number of benzene rings is 1. The lowest BCUT2D eigenvalue weighted by Gasteiger charge is -2.19. The predicted octanol–water partition coefficient (Wildman–Crippen LogP) is 2.57. The van der Waals surface area contributed by atoms with Gasteiger partial charge in [0.1, 0.15) is 15.4 Å². The number of amides is 1. The number of aliphatic imine (C=N–C) groups is 1. The van der Waals surface area contributed by atoms with Crippen LogP contribution in [0.15, 0.2) is 29.3 Å². The number of hydrogen-bond donors (Lipinski definition) is 3. The van der Waals surface area contributed by atoms with Crippen LogP contribution in [0, 0.1) is 0 Å². The first-order chi connectivity index (χ1) is 13.5. The third-order valence-corrected chi connectivity index (χ3v) is 4.62. The number of sulfone groups is 1. The molecule has 0 fully saturated rings. The minimum atomic E-state index is -2.95. The lowest BCUT2D eigenvalue weighted by Crippen LogP contribution is -2.38. The number of carbonyl (C=O) groups is 1. The first-order valence-electron chi connectivity index (χ1n) is 9.77. The number of nitrogens with one attached hydrogen (secondary N) is 3. The molecular weight excluding hydrogens is 392 g/mol. The van der Waals surface area contributed by atoms with Crippen LogP contribution in [-0.2, 0) is 21.0 Å². The van der Waals surface area contributed by atoms with Crippen molar-refractivity contribution >= 4 is 27.6 Å². The predicted molar refractivity (Wildman–Crippen MR) is 118 cm³/mol. The van der Waals surface area contributed by atoms with Gasteiger partial charge in [0.05, 0.1) is 5.75 Å². The molecular formula is C20H34N4O4S. The van der Waals surface area contributed by atoms with Crippen molar-refractivity contribution < 1.29 is 17.9 Å². The molecule has 29 heavy (non-hydrogen) atoms. The summed E-state index contributed by atoms with van der Waals surface area (Å²) in [6.45, 7) is 9.29. The summed E-state index contributed by atoms with van der Waals surface area (Å²) in [5.41, 5.74) is 1.25. The molecule has 1 rings (SSSR count). The van der Waals surface area contributed by atoms with Gasteiger partial charge >= 0.3 is 6.09 Å². The number of hydrogen-bond acceptors (Lipinski definition) is 5. The SMILES string of the molecule is CCNC(=NCCCS(C)(=O)=O)NCCc1ccc(NC(=O)OC(C)(C)C)cc1. The van der Waals surface area contributed by atoms with Crippen molar-refractivity contribution in [3.05, 3.63) is 29.8 Å². The van der Waals surface area contributed by atoms with Crippen molar-refractivity contribution in [2.24, 2.45) is 4.99 Å². The van der Waals surface area contributed by atoms with Crippen molar-refractivity contribution in [2.75, 3.05) is 37.0 Å². The second kappa shape index (κ2) is 11.6. The molecule has 0 aromatic heterocycles. The van der Waals surface area contributed by atoms with Crippen LogP contribution in [-0.4, -0.2) is 57.7 Å². The first-order valence-corrected chi connectivity index (χ1v) is 11.8. The lowest BCUT2D eigenvalue weighted by atomic mass is 10.1. The Kier molecular flexibility index (Phi) is 9.94. The molecule has 1 amide bonds. The van der Waals surface area contributed by atoms with Crippen molar-refractivity contribution in [1.29, 1.82) is 0 Å². The summed E-state index contributed by atoms with van der Waals surface area (Å²) in [6, 6.07) is 7.57. The van der Waals surface area contributed by atoms with Gasteiger partial charge in [-0.3, -0.25) is 10.3 Å². The Morgan fingerprint density at radius 2 is 1.79 bits per heavy atom. The Morgan fingerprint density at radius 1 is 1.14 bits per heavy atom. The van der Waals surface area contributed by atoms with Crippen LogP contribution in [0.2, 0.25) is 0 Å². The van der Waals surface area contributed by atoms with E-state index in [1.165, 1.54) is 6.26 Å². The van der Waals surface area contributed by atoms with Gasteiger partial charge in [0.2, 0.25) is 0 Å². The topological polar surface area (TPSA) is 109 Å². The zero-order valence-corrected chi connectivity index (χ0v) is 18.9. The summed E-state index contributed by atoms with van der Waals surface area (Å²) in [7, 11) is -2.95. The van der Waals surface area contributed by atoms with Crippen molar-refractivity contribution in [3.63, 3.8) is 0 Å². The summed E-state index contributed by atoms with van der Waals surface area (Å²) in [6.07, 6.45) is 2.03. The van der Waals surface area contributed by atoms with Crippen LogP contribution >= 0.6 is 0 Å². The van der Waals surface area contributed by atoms with E-state index in [1.54, 1.807) is 0 Å². The molecule has 0 radical (unpaired) electrons. The van der Waals surface area contributed by atoms with Crippen molar-refractivity contribution in [1.82, 2.24) is 10.6 Å². The van der Waals surface area contributed by atoms with Crippen molar-refractivity contribution in [3.8, 4) is 0 Å². The molecule has 164 valence electrons. The second-order valence-electron chi connectivity index (χ2n) is 7.74. The van der Waals surface area contributed by atoms with E-state index >= 15 is 0 Å². The van der Waals surface area contributed by atoms with Gasteiger partial charge in [-0.05, 0) is 58.2 Å². The number of nitrogens with zero attached hydrogens (tertiary/aromatic N) is 1. The minimum Gasteiger partial charge on any atom is -0.444 e. The van der Waals surface area contributed by atoms with E-state index in [9.17, 15) is 13.2 Å². The van der Waals surface area contributed by atoms with E-state index in [4.69, 9.17) is 4.74 Å². The first kappa shape index (κ1) is 24.7. The molecule has 0 unspecified atom stereocenters. The summed E-state index contributed by atoms with van der Waals surface area (Å²) in [5.74, 6) is 0.809. The number of anilines is 1. The lowest BCUT2D eigenvalue weighted by molar-refractivity contribution is 0.0636. The van der Waals surface area contributed by atoms with E-state index in [0.29, 0.717) is 31.2 Å². The summed E-state index contributed by atoms with van der Waals surface area (Å²) in [4.78, 5) is 16.2. The highest BCUT2D eigenvalue weighted by atomic mass is 32.2. The molecule has 0 bridgehead atoms. The van der Waals surface area contributed by atoms with Crippen LogP contribution in [0.5, 0.6) is 0 Å². The van der Waals surface area contributed by atoms with E-state index in [-0.39, 0.29) is 5.75 Å². The van der Waals surface area contributed by atoms with Gasteiger partial charge in [-0.1, -0.05) is 12.1 Å². The Bertz CT molecular complexity index is 769. The molecule has 0 aliphatic rings. The largest absolute Gasteiger partial charge is 0.444 e. The molecule has 9 heteroatoms. The highest BCUT2D eigenvalue weighted by Gasteiger charge is 2.16. The van der Waals surface area contributed by atoms with E-state index in [0.717, 1.165) is 18.5 Å². The quantitative estimate of drug-likeness (QED) is 0.318. The van der Waals surface area contributed by atoms with Gasteiger partial charge in [-0.25, -0.2) is 13.2 Å². The number of carbonyl (C=O) groups excluding carboxylic acids is 1. The maximum Gasteiger partial charge on any atom is 0.412 e. The zero-order chi connectivity index (χ0) is 21.9. The molecule has 0 heterocycles. The molecule has 0 atom stereocenters. The van der Waals surface area contributed by atoms with Crippen LogP contribution < -0.4 is 16.0 Å². The highest BCUT2D eigenvalue weighted by Crippen LogP contribution is 2.13. The van der Waals surface area contributed by atoms with Crippen molar-refractivity contribution in [2.45, 2.75) is 46.1 Å². The summed E-state index contributed by atoms with van der Waals surface area (Å²) < 4.78 is 27.6. The third-order valence-electron chi connectivity index (χ3n) is 3.59. The molecule has 0 saturated heterocycles. The molecule has 0 aliphatic heterocycles. The third kappa shape index (κ3) is 12.7. The Hall–Kier alpha value is -2.29. The van der Waals surface area contributed by atoms with Crippen LogP contribution in [0.25, 0.3) is 0 Å². The van der Waals surface area contributed by atoms with E-state index in [1.807, 2.05) is 52.0 Å². The summed E-state index contributed by atoms with van der Waals surface area (Å²) >= 11 is 0. The average molecular weight is 427 g/mol. The molecule has 1 aromatic carbocycles. The standard InChI is InChI=1S/C20H34N4O4S/c1-6-21-18(22-13-7-15-29(5,26)27)23-14-12-16-8-10-17(11-9-16)24-19(25)28-20(2,3)4/h8-11H,6-7,12-15H2,1-5H3,(H,24,25)(H2,21,22,23). The van der Waals surface area contributed by atoms with Gasteiger partial charge in [-0.2, -0.15) is 0 Å². The molecule has 0 saturated carbocycles. The fourth-order valence-corrected chi connectivity index (χ4v) is 3.01. The molecule has 3 N–H and O–H groups in total. The van der Waals surface area contributed by atoms with E-state index < -0.39 is 21.5 Å². The van der Waals surface area contributed by atoms with Gasteiger partial charge in [0, 0.05) is 31.6 Å². The Labute approximate surface area is 174 Å². The minimum absolute atomic E-state index is 0.138. The van der Waals surface area contributed by atoms with Crippen LogP contribution in [0.3, 0.4) is 0 Å². The normalized spacial score (nSPS) is 12.4. The fraction of sp³-hybridized carbons (Fsp3) is 0.600.